The lowest BCUT2D eigenvalue weighted by Crippen LogP contribution is -2.36. The van der Waals surface area contributed by atoms with Crippen molar-refractivity contribution in [3.8, 4) is 5.75 Å². The van der Waals surface area contributed by atoms with Gasteiger partial charge in [0.2, 0.25) is 5.91 Å². The second-order valence-corrected chi connectivity index (χ2v) is 6.63. The first-order valence-electron chi connectivity index (χ1n) is 8.75. The van der Waals surface area contributed by atoms with E-state index in [1.807, 2.05) is 37.3 Å². The number of halogens is 3. The van der Waals surface area contributed by atoms with E-state index in [0.29, 0.717) is 13.1 Å². The van der Waals surface area contributed by atoms with Crippen LogP contribution in [0.15, 0.2) is 54.6 Å². The van der Waals surface area contributed by atoms with Crippen molar-refractivity contribution in [1.29, 1.82) is 0 Å². The lowest BCUT2D eigenvalue weighted by atomic mass is 9.88. The molecule has 0 saturated carbocycles. The zero-order valence-electron chi connectivity index (χ0n) is 14.8. The molecule has 0 aromatic heterocycles. The molecule has 0 unspecified atom stereocenters. The molecule has 1 amide bonds. The predicted molar refractivity (Wildman–Crippen MR) is 95.2 cm³/mol. The van der Waals surface area contributed by atoms with Gasteiger partial charge >= 0.3 is 6.36 Å². The van der Waals surface area contributed by atoms with Crippen LogP contribution in [0.4, 0.5) is 13.2 Å². The van der Waals surface area contributed by atoms with Crippen LogP contribution in [0.3, 0.4) is 0 Å². The number of hydrogen-bond donors (Lipinski definition) is 2. The molecule has 1 aliphatic rings. The summed E-state index contributed by atoms with van der Waals surface area (Å²) in [6.45, 7) is 3.05. The molecule has 3 rings (SSSR count). The van der Waals surface area contributed by atoms with Gasteiger partial charge in [-0.15, -0.1) is 13.2 Å². The van der Waals surface area contributed by atoms with E-state index in [4.69, 9.17) is 0 Å². The Morgan fingerprint density at radius 2 is 1.78 bits per heavy atom. The number of hydrogen-bond acceptors (Lipinski definition) is 3. The summed E-state index contributed by atoms with van der Waals surface area (Å²) in [5, 5.41) is 6.22. The highest BCUT2D eigenvalue weighted by atomic mass is 19.4. The summed E-state index contributed by atoms with van der Waals surface area (Å²) in [6, 6.07) is 15.3. The molecule has 0 aliphatic carbocycles. The van der Waals surface area contributed by atoms with Crippen LogP contribution in [0.25, 0.3) is 0 Å². The highest BCUT2D eigenvalue weighted by molar-refractivity contribution is 5.81. The molecule has 1 aliphatic heterocycles. The van der Waals surface area contributed by atoms with E-state index in [2.05, 4.69) is 15.4 Å². The maximum atomic E-state index is 12.7. The summed E-state index contributed by atoms with van der Waals surface area (Å²) >= 11 is 0. The highest BCUT2D eigenvalue weighted by Crippen LogP contribution is 2.31. The van der Waals surface area contributed by atoms with Crippen LogP contribution in [0.2, 0.25) is 0 Å². The number of nitrogens with one attached hydrogen (secondary N) is 2. The van der Waals surface area contributed by atoms with Gasteiger partial charge in [0.15, 0.2) is 0 Å². The van der Waals surface area contributed by atoms with E-state index in [-0.39, 0.29) is 29.5 Å². The Labute approximate surface area is 155 Å². The first kappa shape index (κ1) is 19.2. The number of carbonyl (C=O) groups is 1. The SMILES string of the molecule is C[C@H](NC(=O)[C@@H]1CNC[C@H]1c1ccc(OC(F)(F)F)cc1)c1ccccc1. The molecule has 1 heterocycles. The van der Waals surface area contributed by atoms with Crippen LogP contribution in [-0.2, 0) is 4.79 Å². The van der Waals surface area contributed by atoms with Gasteiger partial charge in [0.05, 0.1) is 12.0 Å². The number of ether oxygens (including phenoxy) is 1. The van der Waals surface area contributed by atoms with E-state index in [1.54, 1.807) is 12.1 Å². The Kier molecular flexibility index (Phi) is 5.70. The Morgan fingerprint density at radius 1 is 1.11 bits per heavy atom. The monoisotopic (exact) mass is 378 g/mol. The summed E-state index contributed by atoms with van der Waals surface area (Å²) < 4.78 is 40.8. The van der Waals surface area contributed by atoms with Crippen LogP contribution in [0.5, 0.6) is 5.75 Å². The second kappa shape index (κ2) is 8.00. The third-order valence-corrected chi connectivity index (χ3v) is 4.75. The van der Waals surface area contributed by atoms with E-state index < -0.39 is 6.36 Å². The largest absolute Gasteiger partial charge is 0.573 e. The number of alkyl halides is 3. The normalized spacial score (nSPS) is 20.9. The number of rotatable bonds is 5. The Bertz CT molecular complexity index is 763. The maximum absolute atomic E-state index is 12.7. The molecule has 1 saturated heterocycles. The van der Waals surface area contributed by atoms with Crippen LogP contribution >= 0.6 is 0 Å². The molecule has 0 bridgehead atoms. The first-order valence-corrected chi connectivity index (χ1v) is 8.75. The van der Waals surface area contributed by atoms with Gasteiger partial charge in [-0.05, 0) is 30.2 Å². The van der Waals surface area contributed by atoms with Crippen LogP contribution in [0, 0.1) is 5.92 Å². The molecule has 2 aromatic carbocycles. The molecular weight excluding hydrogens is 357 g/mol. The van der Waals surface area contributed by atoms with Crippen molar-refractivity contribution in [2.24, 2.45) is 5.92 Å². The van der Waals surface area contributed by atoms with Gasteiger partial charge in [0.1, 0.15) is 5.75 Å². The van der Waals surface area contributed by atoms with Crippen LogP contribution in [0.1, 0.15) is 30.0 Å². The molecule has 4 nitrogen and oxygen atoms in total. The van der Waals surface area contributed by atoms with Gasteiger partial charge in [-0.1, -0.05) is 42.5 Å². The number of benzene rings is 2. The van der Waals surface area contributed by atoms with Crippen molar-refractivity contribution < 1.29 is 22.7 Å². The molecule has 7 heteroatoms. The standard InChI is InChI=1S/C20H21F3N2O2/c1-13(14-5-3-2-4-6-14)25-19(26)18-12-24-11-17(18)15-7-9-16(10-8-15)27-20(21,22)23/h2-10,13,17-18,24H,11-12H2,1H3,(H,25,26)/t13-,17-,18+/m0/s1. The molecule has 27 heavy (non-hydrogen) atoms. The third kappa shape index (κ3) is 5.01. The minimum absolute atomic E-state index is 0.0722. The van der Waals surface area contributed by atoms with Gasteiger partial charge in [0, 0.05) is 19.0 Å². The summed E-state index contributed by atoms with van der Waals surface area (Å²) in [7, 11) is 0. The lowest BCUT2D eigenvalue weighted by molar-refractivity contribution is -0.274. The maximum Gasteiger partial charge on any atom is 0.573 e. The van der Waals surface area contributed by atoms with Gasteiger partial charge in [-0.3, -0.25) is 4.79 Å². The molecule has 2 N–H and O–H groups in total. The minimum atomic E-state index is -4.72. The molecule has 0 radical (unpaired) electrons. The molecule has 3 atom stereocenters. The fraction of sp³-hybridized carbons (Fsp3) is 0.350. The molecule has 1 fully saturated rings. The quantitative estimate of drug-likeness (QED) is 0.833. The fourth-order valence-electron chi connectivity index (χ4n) is 3.37. The molecule has 0 spiro atoms. The zero-order valence-corrected chi connectivity index (χ0v) is 14.8. The van der Waals surface area contributed by atoms with Crippen molar-refractivity contribution in [1.82, 2.24) is 10.6 Å². The van der Waals surface area contributed by atoms with Crippen molar-refractivity contribution in [3.63, 3.8) is 0 Å². The first-order chi connectivity index (χ1) is 12.8. The van der Waals surface area contributed by atoms with Crippen molar-refractivity contribution in [3.05, 3.63) is 65.7 Å². The van der Waals surface area contributed by atoms with Crippen LogP contribution < -0.4 is 15.4 Å². The van der Waals surface area contributed by atoms with Gasteiger partial charge in [0.25, 0.3) is 0 Å². The Balaban J connectivity index is 1.67. The summed E-state index contributed by atoms with van der Waals surface area (Å²) in [4.78, 5) is 12.7. The average molecular weight is 378 g/mol. The third-order valence-electron chi connectivity index (χ3n) is 4.75. The van der Waals surface area contributed by atoms with E-state index in [0.717, 1.165) is 11.1 Å². The van der Waals surface area contributed by atoms with Crippen LogP contribution in [-0.4, -0.2) is 25.4 Å². The fourth-order valence-corrected chi connectivity index (χ4v) is 3.37. The average Bonchev–Trinajstić information content (AvgIpc) is 3.11. The summed E-state index contributed by atoms with van der Waals surface area (Å²) in [5.74, 6) is -0.730. The zero-order chi connectivity index (χ0) is 19.4. The van der Waals surface area contributed by atoms with E-state index in [1.165, 1.54) is 12.1 Å². The van der Waals surface area contributed by atoms with Crippen molar-refractivity contribution in [2.45, 2.75) is 25.2 Å². The summed E-state index contributed by atoms with van der Waals surface area (Å²) in [6.07, 6.45) is -4.72. The topological polar surface area (TPSA) is 50.4 Å². The van der Waals surface area contributed by atoms with E-state index >= 15 is 0 Å². The highest BCUT2D eigenvalue weighted by Gasteiger charge is 2.35. The van der Waals surface area contributed by atoms with Gasteiger partial charge in [-0.25, -0.2) is 0 Å². The molecular formula is C20H21F3N2O2. The Morgan fingerprint density at radius 3 is 2.41 bits per heavy atom. The minimum Gasteiger partial charge on any atom is -0.406 e. The lowest BCUT2D eigenvalue weighted by Gasteiger charge is -2.22. The van der Waals surface area contributed by atoms with Gasteiger partial charge in [-0.2, -0.15) is 0 Å². The molecule has 2 aromatic rings. The number of amides is 1. The molecule has 144 valence electrons. The smallest absolute Gasteiger partial charge is 0.406 e. The van der Waals surface area contributed by atoms with Gasteiger partial charge < -0.3 is 15.4 Å². The summed E-state index contributed by atoms with van der Waals surface area (Å²) in [5.41, 5.74) is 1.82. The Hall–Kier alpha value is -2.54. The van der Waals surface area contributed by atoms with Crippen molar-refractivity contribution in [2.75, 3.05) is 13.1 Å². The van der Waals surface area contributed by atoms with Crippen molar-refractivity contribution >= 4 is 5.91 Å². The van der Waals surface area contributed by atoms with E-state index in [9.17, 15) is 18.0 Å². The second-order valence-electron chi connectivity index (χ2n) is 6.63. The predicted octanol–water partition coefficient (Wildman–Crippen LogP) is 3.77. The number of carbonyl (C=O) groups excluding carboxylic acids is 1.